The second-order valence-electron chi connectivity index (χ2n) is 8.47. The molecular formula is C30H25N2O+. The van der Waals surface area contributed by atoms with E-state index in [4.69, 9.17) is 10.5 Å². The van der Waals surface area contributed by atoms with Crippen molar-refractivity contribution in [1.29, 1.82) is 0 Å². The molecule has 1 heterocycles. The first-order chi connectivity index (χ1) is 16.3. The van der Waals surface area contributed by atoms with E-state index in [1.54, 1.807) is 7.11 Å². The topological polar surface area (TPSA) is 39.1 Å². The van der Waals surface area contributed by atoms with Gasteiger partial charge in [0, 0.05) is 18.2 Å². The smallest absolute Gasteiger partial charge is 0.213 e. The van der Waals surface area contributed by atoms with Crippen molar-refractivity contribution >= 4 is 55.4 Å². The average Bonchev–Trinajstić information content (AvgIpc) is 2.86. The molecule has 0 saturated heterocycles. The lowest BCUT2D eigenvalue weighted by Crippen LogP contribution is -2.41. The second kappa shape index (κ2) is 7.88. The van der Waals surface area contributed by atoms with E-state index >= 15 is 0 Å². The van der Waals surface area contributed by atoms with Crippen LogP contribution < -0.4 is 15.0 Å². The molecule has 0 radical (unpaired) electrons. The van der Waals surface area contributed by atoms with Crippen LogP contribution in [0.2, 0.25) is 0 Å². The van der Waals surface area contributed by atoms with Gasteiger partial charge < -0.3 is 10.5 Å². The molecular weight excluding hydrogens is 404 g/mol. The third-order valence-electron chi connectivity index (χ3n) is 6.60. The Kier molecular flexibility index (Phi) is 4.70. The van der Waals surface area contributed by atoms with Gasteiger partial charge >= 0.3 is 0 Å². The maximum Gasteiger partial charge on any atom is 0.213 e. The number of rotatable bonds is 5. The predicted octanol–water partition coefficient (Wildman–Crippen LogP) is 6.16. The first-order valence-electron chi connectivity index (χ1n) is 11.3. The van der Waals surface area contributed by atoms with E-state index < -0.39 is 0 Å². The van der Waals surface area contributed by atoms with E-state index in [-0.39, 0.29) is 0 Å². The Balaban J connectivity index is 1.54. The molecule has 0 bridgehead atoms. The van der Waals surface area contributed by atoms with Crippen LogP contribution in [-0.2, 0) is 6.54 Å². The van der Waals surface area contributed by atoms with Crippen molar-refractivity contribution in [2.45, 2.75) is 6.54 Å². The summed E-state index contributed by atoms with van der Waals surface area (Å²) >= 11 is 0. The van der Waals surface area contributed by atoms with Crippen LogP contribution in [-0.4, -0.2) is 13.7 Å². The molecule has 1 aromatic heterocycles. The van der Waals surface area contributed by atoms with Crippen LogP contribution >= 0.6 is 0 Å². The number of methoxy groups -OCH3 is 1. The molecule has 0 amide bonds. The first kappa shape index (κ1) is 19.7. The standard InChI is InChI=1S/C30H25N2O/c1-33-26-14-15-28-23(19-26)11-13-25(32(28)17-16-31)12-10-22-18-24-6-2-4-20-8-9-21-5-3-7-27(22)30(21)29(20)24/h2-15,18-19H,16-17,31H2,1H3/q+1/b12-10+. The van der Waals surface area contributed by atoms with Gasteiger partial charge in [-0.05, 0) is 68.2 Å². The van der Waals surface area contributed by atoms with E-state index in [0.29, 0.717) is 6.54 Å². The van der Waals surface area contributed by atoms with E-state index in [9.17, 15) is 0 Å². The zero-order valence-corrected chi connectivity index (χ0v) is 18.6. The molecule has 0 aliphatic carbocycles. The van der Waals surface area contributed by atoms with Gasteiger partial charge in [0.1, 0.15) is 5.75 Å². The van der Waals surface area contributed by atoms with Crippen LogP contribution in [0.5, 0.6) is 5.75 Å². The molecule has 0 unspecified atom stereocenters. The Morgan fingerprint density at radius 3 is 2.33 bits per heavy atom. The maximum atomic E-state index is 5.98. The number of nitrogens with zero attached hydrogens (tertiary/aromatic N) is 1. The van der Waals surface area contributed by atoms with E-state index in [1.807, 2.05) is 6.07 Å². The molecule has 6 rings (SSSR count). The Labute approximate surface area is 192 Å². The van der Waals surface area contributed by atoms with Crippen LogP contribution in [0, 0.1) is 0 Å². The number of aromatic nitrogens is 1. The van der Waals surface area contributed by atoms with Crippen molar-refractivity contribution in [3.8, 4) is 5.75 Å². The van der Waals surface area contributed by atoms with Crippen molar-refractivity contribution in [3.63, 3.8) is 0 Å². The Hall–Kier alpha value is -3.95. The van der Waals surface area contributed by atoms with Gasteiger partial charge in [-0.3, -0.25) is 0 Å². The van der Waals surface area contributed by atoms with Gasteiger partial charge in [0.25, 0.3) is 0 Å². The highest BCUT2D eigenvalue weighted by molar-refractivity contribution is 6.24. The molecule has 0 saturated carbocycles. The predicted molar refractivity (Wildman–Crippen MR) is 139 cm³/mol. The summed E-state index contributed by atoms with van der Waals surface area (Å²) in [5.41, 5.74) is 9.48. The van der Waals surface area contributed by atoms with E-state index in [2.05, 4.69) is 95.6 Å². The minimum atomic E-state index is 0.577. The van der Waals surface area contributed by atoms with Gasteiger partial charge in [-0.2, -0.15) is 4.57 Å². The summed E-state index contributed by atoms with van der Waals surface area (Å²) in [6, 6.07) is 30.4. The summed E-state index contributed by atoms with van der Waals surface area (Å²) in [5, 5.41) is 8.96. The largest absolute Gasteiger partial charge is 0.497 e. The number of pyridine rings is 1. The quantitative estimate of drug-likeness (QED) is 0.263. The van der Waals surface area contributed by atoms with Gasteiger partial charge in [0.05, 0.1) is 19.0 Å². The Bertz CT molecular complexity index is 1670. The lowest BCUT2D eigenvalue weighted by molar-refractivity contribution is -0.670. The SMILES string of the molecule is COc1ccc2c(ccc(/C=C/c3cc4cccc5ccc6cccc3c6c54)[n+]2CCN)c1. The van der Waals surface area contributed by atoms with Gasteiger partial charge in [0.2, 0.25) is 11.2 Å². The number of fused-ring (bicyclic) bond motifs is 1. The fraction of sp³-hybridized carbons (Fsp3) is 0.100. The molecule has 3 nitrogen and oxygen atoms in total. The lowest BCUT2D eigenvalue weighted by atomic mass is 9.91. The molecule has 0 atom stereocenters. The average molecular weight is 430 g/mol. The van der Waals surface area contributed by atoms with Crippen LogP contribution in [0.25, 0.3) is 55.4 Å². The Morgan fingerprint density at radius 1 is 0.758 bits per heavy atom. The molecule has 0 spiro atoms. The molecule has 160 valence electrons. The number of nitrogens with two attached hydrogens (primary N) is 1. The number of hydrogen-bond acceptors (Lipinski definition) is 2. The molecule has 3 heteroatoms. The molecule has 2 N–H and O–H groups in total. The van der Waals surface area contributed by atoms with Crippen LogP contribution in [0.15, 0.2) is 84.9 Å². The zero-order chi connectivity index (χ0) is 22.4. The first-order valence-corrected chi connectivity index (χ1v) is 11.3. The zero-order valence-electron chi connectivity index (χ0n) is 18.6. The van der Waals surface area contributed by atoms with Gasteiger partial charge in [-0.1, -0.05) is 48.5 Å². The molecule has 0 fully saturated rings. The highest BCUT2D eigenvalue weighted by Gasteiger charge is 2.15. The molecule has 6 aromatic rings. The van der Waals surface area contributed by atoms with E-state index in [1.165, 1.54) is 37.9 Å². The van der Waals surface area contributed by atoms with Gasteiger partial charge in [0.15, 0.2) is 6.54 Å². The van der Waals surface area contributed by atoms with Gasteiger partial charge in [-0.25, -0.2) is 0 Å². The molecule has 0 aliphatic rings. The molecule has 5 aromatic carbocycles. The normalized spacial score (nSPS) is 12.1. The van der Waals surface area contributed by atoms with Crippen molar-refractivity contribution in [2.75, 3.05) is 13.7 Å². The third kappa shape index (κ3) is 3.21. The monoisotopic (exact) mass is 429 g/mol. The number of ether oxygens (including phenoxy) is 1. The summed E-state index contributed by atoms with van der Waals surface area (Å²) in [7, 11) is 1.70. The summed E-state index contributed by atoms with van der Waals surface area (Å²) in [5.74, 6) is 0.860. The van der Waals surface area contributed by atoms with Crippen LogP contribution in [0.3, 0.4) is 0 Å². The summed E-state index contributed by atoms with van der Waals surface area (Å²) in [4.78, 5) is 0. The minimum Gasteiger partial charge on any atom is -0.497 e. The summed E-state index contributed by atoms with van der Waals surface area (Å²) in [6.07, 6.45) is 4.44. The lowest BCUT2D eigenvalue weighted by Gasteiger charge is -2.13. The van der Waals surface area contributed by atoms with Crippen molar-refractivity contribution in [2.24, 2.45) is 5.73 Å². The van der Waals surface area contributed by atoms with Crippen molar-refractivity contribution < 1.29 is 9.30 Å². The third-order valence-corrected chi connectivity index (χ3v) is 6.60. The molecule has 33 heavy (non-hydrogen) atoms. The minimum absolute atomic E-state index is 0.577. The summed E-state index contributed by atoms with van der Waals surface area (Å²) < 4.78 is 7.69. The highest BCUT2D eigenvalue weighted by atomic mass is 16.5. The van der Waals surface area contributed by atoms with Crippen molar-refractivity contribution in [3.05, 3.63) is 96.2 Å². The summed E-state index contributed by atoms with van der Waals surface area (Å²) in [6.45, 7) is 1.33. The van der Waals surface area contributed by atoms with Crippen molar-refractivity contribution in [1.82, 2.24) is 0 Å². The van der Waals surface area contributed by atoms with E-state index in [0.717, 1.165) is 28.9 Å². The van der Waals surface area contributed by atoms with Gasteiger partial charge in [-0.15, -0.1) is 0 Å². The maximum absolute atomic E-state index is 5.98. The van der Waals surface area contributed by atoms with Crippen LogP contribution in [0.1, 0.15) is 11.3 Å². The highest BCUT2D eigenvalue weighted by Crippen LogP contribution is 2.37. The second-order valence-corrected chi connectivity index (χ2v) is 8.47. The number of hydrogen-bond donors (Lipinski definition) is 1. The fourth-order valence-corrected chi connectivity index (χ4v) is 5.07. The molecule has 0 aliphatic heterocycles. The number of benzene rings is 5. The fourth-order valence-electron chi connectivity index (χ4n) is 5.07. The van der Waals surface area contributed by atoms with Crippen LogP contribution in [0.4, 0.5) is 0 Å². The Morgan fingerprint density at radius 2 is 1.52 bits per heavy atom.